The summed E-state index contributed by atoms with van der Waals surface area (Å²) in [4.78, 5) is 18.9. The van der Waals surface area contributed by atoms with Gasteiger partial charge in [-0.05, 0) is 56.5 Å². The normalized spacial score (nSPS) is 24.6. The van der Waals surface area contributed by atoms with Gasteiger partial charge in [0.05, 0.1) is 18.1 Å². The molecule has 0 unspecified atom stereocenters. The number of fused-ring (bicyclic) bond motifs is 5. The number of benzene rings is 2. The highest BCUT2D eigenvalue weighted by atomic mass is 16.3. The van der Waals surface area contributed by atoms with Crippen LogP contribution in [0.4, 0.5) is 0 Å². The number of carbonyl (C=O) groups excluding carboxylic acids is 1. The topological polar surface area (TPSA) is 68.4 Å². The number of aromatic nitrogens is 1. The van der Waals surface area contributed by atoms with Crippen molar-refractivity contribution in [3.63, 3.8) is 0 Å². The number of amides is 1. The largest absolute Gasteiger partial charge is 0.393 e. The first-order chi connectivity index (χ1) is 14.5. The van der Waals surface area contributed by atoms with Crippen molar-refractivity contribution < 1.29 is 9.90 Å². The molecule has 5 heteroatoms. The molecule has 0 aliphatic carbocycles. The number of hydrogen-bond donors (Lipinski definition) is 3. The van der Waals surface area contributed by atoms with Gasteiger partial charge in [0.25, 0.3) is 0 Å². The van der Waals surface area contributed by atoms with E-state index in [-0.39, 0.29) is 23.9 Å². The second-order valence-electron chi connectivity index (χ2n) is 8.81. The number of aliphatic hydroxyl groups excluding tert-OH is 1. The summed E-state index contributed by atoms with van der Waals surface area (Å²) in [6.45, 7) is 4.54. The van der Waals surface area contributed by atoms with E-state index in [1.165, 1.54) is 27.6 Å². The molecule has 30 heavy (non-hydrogen) atoms. The highest BCUT2D eigenvalue weighted by Crippen LogP contribution is 2.44. The van der Waals surface area contributed by atoms with Gasteiger partial charge in [0.1, 0.15) is 0 Å². The lowest BCUT2D eigenvalue weighted by Crippen LogP contribution is -2.58. The van der Waals surface area contributed by atoms with Crippen LogP contribution in [-0.2, 0) is 11.2 Å². The Labute approximate surface area is 177 Å². The summed E-state index contributed by atoms with van der Waals surface area (Å²) in [7, 11) is 1.88. The van der Waals surface area contributed by atoms with Crippen molar-refractivity contribution in [1.82, 2.24) is 15.2 Å². The Kier molecular flexibility index (Phi) is 4.68. The summed E-state index contributed by atoms with van der Waals surface area (Å²) in [5, 5.41) is 14.8. The van der Waals surface area contributed by atoms with Crippen LogP contribution in [0.15, 0.2) is 42.5 Å². The minimum absolute atomic E-state index is 0.0199. The molecule has 1 fully saturated rings. The van der Waals surface area contributed by atoms with Crippen molar-refractivity contribution in [2.45, 2.75) is 44.9 Å². The van der Waals surface area contributed by atoms with Gasteiger partial charge in [-0.1, -0.05) is 42.0 Å². The fourth-order valence-electron chi connectivity index (χ4n) is 5.58. The van der Waals surface area contributed by atoms with E-state index in [0.29, 0.717) is 6.54 Å². The van der Waals surface area contributed by atoms with Crippen LogP contribution in [0, 0.1) is 12.8 Å². The molecule has 0 radical (unpaired) electrons. The summed E-state index contributed by atoms with van der Waals surface area (Å²) in [5.41, 5.74) is 7.35. The van der Waals surface area contributed by atoms with E-state index in [0.717, 1.165) is 24.1 Å². The van der Waals surface area contributed by atoms with Gasteiger partial charge in [-0.2, -0.15) is 0 Å². The number of H-pyrrole nitrogens is 1. The second-order valence-corrected chi connectivity index (χ2v) is 8.81. The summed E-state index contributed by atoms with van der Waals surface area (Å²) < 4.78 is 0. The number of nitrogens with zero attached hydrogens (tertiary/aromatic N) is 1. The Balaban J connectivity index is 1.63. The lowest BCUT2D eigenvalue weighted by Gasteiger charge is -2.46. The fourth-order valence-corrected chi connectivity index (χ4v) is 5.58. The molecule has 156 valence electrons. The first-order valence-corrected chi connectivity index (χ1v) is 10.9. The van der Waals surface area contributed by atoms with Crippen molar-refractivity contribution in [3.05, 3.63) is 59.3 Å². The van der Waals surface area contributed by atoms with Crippen LogP contribution in [0.1, 0.15) is 36.2 Å². The Morgan fingerprint density at radius 1 is 1.23 bits per heavy atom. The molecule has 0 spiro atoms. The molecule has 3 heterocycles. The molecule has 2 aliphatic heterocycles. The van der Waals surface area contributed by atoms with Crippen molar-refractivity contribution in [1.29, 1.82) is 0 Å². The number of aromatic amines is 1. The third kappa shape index (κ3) is 2.88. The van der Waals surface area contributed by atoms with Crippen LogP contribution >= 0.6 is 0 Å². The van der Waals surface area contributed by atoms with Gasteiger partial charge in [0.2, 0.25) is 5.91 Å². The molecule has 1 aromatic heterocycles. The maximum Gasteiger partial charge on any atom is 0.230 e. The van der Waals surface area contributed by atoms with Gasteiger partial charge < -0.3 is 20.3 Å². The average Bonchev–Trinajstić information content (AvgIpc) is 3.12. The van der Waals surface area contributed by atoms with E-state index in [4.69, 9.17) is 0 Å². The molecule has 2 aliphatic rings. The predicted octanol–water partition coefficient (Wildman–Crippen LogP) is 3.56. The lowest BCUT2D eigenvalue weighted by atomic mass is 9.80. The van der Waals surface area contributed by atoms with Crippen LogP contribution in [0.3, 0.4) is 0 Å². The summed E-state index contributed by atoms with van der Waals surface area (Å²) in [5.74, 6) is -0.330. The van der Waals surface area contributed by atoms with Crippen molar-refractivity contribution in [2.75, 3.05) is 13.6 Å². The molecule has 4 atom stereocenters. The van der Waals surface area contributed by atoms with Crippen LogP contribution in [0.2, 0.25) is 0 Å². The van der Waals surface area contributed by atoms with Crippen LogP contribution in [0.25, 0.3) is 22.0 Å². The number of aliphatic hydroxyl groups is 1. The first-order valence-electron chi connectivity index (χ1n) is 10.9. The zero-order valence-corrected chi connectivity index (χ0v) is 17.8. The third-order valence-electron chi connectivity index (χ3n) is 6.97. The minimum atomic E-state index is -0.659. The smallest absolute Gasteiger partial charge is 0.230 e. The second kappa shape index (κ2) is 7.25. The molecular weight excluding hydrogens is 374 g/mol. The van der Waals surface area contributed by atoms with Gasteiger partial charge in [-0.15, -0.1) is 0 Å². The van der Waals surface area contributed by atoms with Gasteiger partial charge in [-0.3, -0.25) is 4.79 Å². The maximum absolute atomic E-state index is 13.2. The molecule has 0 bridgehead atoms. The predicted molar refractivity (Wildman–Crippen MR) is 119 cm³/mol. The van der Waals surface area contributed by atoms with E-state index >= 15 is 0 Å². The zero-order valence-electron chi connectivity index (χ0n) is 17.8. The minimum Gasteiger partial charge on any atom is -0.393 e. The van der Waals surface area contributed by atoms with Crippen LogP contribution in [-0.4, -0.2) is 46.6 Å². The van der Waals surface area contributed by atoms with Gasteiger partial charge in [0.15, 0.2) is 0 Å². The summed E-state index contributed by atoms with van der Waals surface area (Å²) in [6.07, 6.45) is 0.974. The first kappa shape index (κ1) is 19.3. The number of nitrogens with one attached hydrogen (secondary N) is 2. The maximum atomic E-state index is 13.2. The van der Waals surface area contributed by atoms with E-state index in [1.54, 1.807) is 6.92 Å². The number of piperidine rings is 1. The van der Waals surface area contributed by atoms with Crippen LogP contribution in [0.5, 0.6) is 0 Å². The Bertz CT molecular complexity index is 1120. The highest BCUT2D eigenvalue weighted by molar-refractivity contribution is 5.99. The van der Waals surface area contributed by atoms with Gasteiger partial charge in [-0.25, -0.2) is 0 Å². The van der Waals surface area contributed by atoms with Gasteiger partial charge in [0, 0.05) is 29.2 Å². The lowest BCUT2D eigenvalue weighted by molar-refractivity contribution is -0.149. The van der Waals surface area contributed by atoms with E-state index in [9.17, 15) is 9.90 Å². The zero-order chi connectivity index (χ0) is 21.0. The Morgan fingerprint density at radius 3 is 2.77 bits per heavy atom. The molecule has 3 aromatic rings. The van der Waals surface area contributed by atoms with Crippen molar-refractivity contribution in [3.8, 4) is 11.1 Å². The Hall–Kier alpha value is -2.63. The van der Waals surface area contributed by atoms with E-state index in [2.05, 4.69) is 59.7 Å². The standard InChI is InChI=1S/C25H29N3O2/c1-14-6-4-7-16(12-14)17-8-5-9-19-23(17)18-10-11-28-21(24(18)27-19)13-20(26-3)22(15(2)29)25(28)30/h4-9,12,15,20-22,26-27,29H,10-11,13H2,1-3H3/t15-,20-,21-,22-/m0/s1. The van der Waals surface area contributed by atoms with E-state index in [1.807, 2.05) is 11.9 Å². The summed E-state index contributed by atoms with van der Waals surface area (Å²) >= 11 is 0. The number of carbonyl (C=O) groups is 1. The summed E-state index contributed by atoms with van der Waals surface area (Å²) in [6, 6.07) is 15.1. The number of hydrogen-bond acceptors (Lipinski definition) is 3. The average molecular weight is 404 g/mol. The SMILES string of the molecule is CN[C@H]1C[C@H]2c3[nH]c4cccc(-c5cccc(C)c5)c4c3CCN2C(=O)[C@H]1[C@H](C)O. The highest BCUT2D eigenvalue weighted by Gasteiger charge is 2.46. The van der Waals surface area contributed by atoms with Crippen LogP contribution < -0.4 is 5.32 Å². The van der Waals surface area contributed by atoms with Gasteiger partial charge >= 0.3 is 0 Å². The molecule has 5 nitrogen and oxygen atoms in total. The molecular formula is C25H29N3O2. The van der Waals surface area contributed by atoms with E-state index < -0.39 is 6.10 Å². The Morgan fingerprint density at radius 2 is 2.03 bits per heavy atom. The monoisotopic (exact) mass is 403 g/mol. The van der Waals surface area contributed by atoms with Crippen molar-refractivity contribution >= 4 is 16.8 Å². The quantitative estimate of drug-likeness (QED) is 0.626. The molecule has 3 N–H and O–H groups in total. The molecule has 2 aromatic carbocycles. The number of aryl methyl sites for hydroxylation is 1. The number of rotatable bonds is 3. The molecule has 1 amide bonds. The molecule has 0 saturated carbocycles. The fraction of sp³-hybridized carbons (Fsp3) is 0.400. The van der Waals surface area contributed by atoms with Crippen molar-refractivity contribution in [2.24, 2.45) is 5.92 Å². The molecule has 1 saturated heterocycles. The molecule has 5 rings (SSSR count). The third-order valence-corrected chi connectivity index (χ3v) is 6.97.